The molecule has 29 heavy (non-hydrogen) atoms. The van der Waals surface area contributed by atoms with Crippen LogP contribution in [0.3, 0.4) is 0 Å². The minimum absolute atomic E-state index is 0.0592. The Balaban J connectivity index is 1.29. The zero-order valence-electron chi connectivity index (χ0n) is 16.0. The number of hydrogen-bond donors (Lipinski definition) is 2. The summed E-state index contributed by atoms with van der Waals surface area (Å²) in [6.07, 6.45) is 0. The molecule has 0 spiro atoms. The number of hydrogen-bond acceptors (Lipinski definition) is 8. The van der Waals surface area contributed by atoms with E-state index in [4.69, 9.17) is 9.47 Å². The number of thioether (sulfide) groups is 1. The molecular formula is C20H20N4O3S2. The van der Waals surface area contributed by atoms with Crippen LogP contribution in [0.5, 0.6) is 11.5 Å². The van der Waals surface area contributed by atoms with Gasteiger partial charge in [0.2, 0.25) is 17.8 Å². The predicted octanol–water partition coefficient (Wildman–Crippen LogP) is 4.12. The lowest BCUT2D eigenvalue weighted by molar-refractivity contribution is -0.120. The van der Waals surface area contributed by atoms with Crippen LogP contribution in [-0.2, 0) is 11.3 Å². The molecule has 4 rings (SSSR count). The Hall–Kier alpha value is -2.78. The number of fused-ring (bicyclic) bond motifs is 1. The minimum atomic E-state index is -0.288. The summed E-state index contributed by atoms with van der Waals surface area (Å²) in [5.41, 5.74) is 3.09. The summed E-state index contributed by atoms with van der Waals surface area (Å²) >= 11 is 2.82. The van der Waals surface area contributed by atoms with Crippen LogP contribution in [-0.4, -0.2) is 28.1 Å². The second-order valence-electron chi connectivity index (χ2n) is 6.53. The van der Waals surface area contributed by atoms with Crippen molar-refractivity contribution in [2.24, 2.45) is 0 Å². The lowest BCUT2D eigenvalue weighted by Crippen LogP contribution is -2.30. The first-order valence-corrected chi connectivity index (χ1v) is 10.8. The van der Waals surface area contributed by atoms with E-state index in [-0.39, 0.29) is 18.0 Å². The molecule has 0 unspecified atom stereocenters. The third-order valence-corrected chi connectivity index (χ3v) is 6.25. The number of nitrogens with one attached hydrogen (secondary N) is 2. The van der Waals surface area contributed by atoms with Gasteiger partial charge in [0, 0.05) is 12.2 Å². The number of anilines is 2. The maximum absolute atomic E-state index is 12.4. The van der Waals surface area contributed by atoms with Crippen LogP contribution < -0.4 is 20.1 Å². The van der Waals surface area contributed by atoms with Crippen molar-refractivity contribution in [2.45, 2.75) is 30.0 Å². The van der Waals surface area contributed by atoms with Gasteiger partial charge in [-0.1, -0.05) is 41.3 Å². The van der Waals surface area contributed by atoms with E-state index in [1.54, 1.807) is 0 Å². The van der Waals surface area contributed by atoms with Crippen LogP contribution in [0.15, 0.2) is 46.8 Å². The molecule has 0 radical (unpaired) electrons. The first kappa shape index (κ1) is 19.5. The van der Waals surface area contributed by atoms with Gasteiger partial charge in [0.25, 0.3) is 0 Å². The van der Waals surface area contributed by atoms with Crippen LogP contribution in [0.1, 0.15) is 18.1 Å². The van der Waals surface area contributed by atoms with Gasteiger partial charge in [0.15, 0.2) is 15.8 Å². The van der Waals surface area contributed by atoms with E-state index in [0.717, 1.165) is 21.3 Å². The normalized spacial score (nSPS) is 13.2. The van der Waals surface area contributed by atoms with Crippen LogP contribution in [0.25, 0.3) is 0 Å². The highest BCUT2D eigenvalue weighted by atomic mass is 32.2. The molecule has 0 saturated heterocycles. The summed E-state index contributed by atoms with van der Waals surface area (Å²) in [5, 5.41) is 14.9. The third kappa shape index (κ3) is 4.99. The maximum atomic E-state index is 12.4. The van der Waals surface area contributed by atoms with Crippen molar-refractivity contribution in [3.05, 3.63) is 53.6 Å². The summed E-state index contributed by atoms with van der Waals surface area (Å²) in [6, 6.07) is 13.7. The fraction of sp³-hybridized carbons (Fsp3) is 0.250. The van der Waals surface area contributed by atoms with E-state index in [0.29, 0.717) is 17.4 Å². The topological polar surface area (TPSA) is 85.4 Å². The van der Waals surface area contributed by atoms with Crippen molar-refractivity contribution < 1.29 is 14.3 Å². The fourth-order valence-electron chi connectivity index (χ4n) is 2.74. The van der Waals surface area contributed by atoms with E-state index in [1.165, 1.54) is 28.7 Å². The number of aromatic nitrogens is 2. The maximum Gasteiger partial charge on any atom is 0.233 e. The van der Waals surface area contributed by atoms with E-state index >= 15 is 0 Å². The second kappa shape index (κ2) is 8.71. The second-order valence-corrected chi connectivity index (χ2v) is 9.10. The van der Waals surface area contributed by atoms with Gasteiger partial charge in [-0.3, -0.25) is 4.79 Å². The summed E-state index contributed by atoms with van der Waals surface area (Å²) in [4.78, 5) is 12.4. The van der Waals surface area contributed by atoms with Crippen molar-refractivity contribution in [1.82, 2.24) is 15.5 Å². The number of benzene rings is 2. The van der Waals surface area contributed by atoms with Crippen LogP contribution in [0, 0.1) is 6.92 Å². The molecule has 2 N–H and O–H groups in total. The molecule has 0 fully saturated rings. The molecule has 0 aliphatic carbocycles. The van der Waals surface area contributed by atoms with Gasteiger partial charge in [0.1, 0.15) is 0 Å². The average molecular weight is 429 g/mol. The molecule has 150 valence electrons. The fourth-order valence-corrected chi connectivity index (χ4v) is 4.68. The quantitative estimate of drug-likeness (QED) is 0.548. The Morgan fingerprint density at radius 3 is 2.93 bits per heavy atom. The van der Waals surface area contributed by atoms with Gasteiger partial charge in [-0.2, -0.15) is 0 Å². The van der Waals surface area contributed by atoms with Crippen molar-refractivity contribution in [3.63, 3.8) is 0 Å². The molecule has 9 heteroatoms. The number of rotatable bonds is 7. The molecule has 1 aromatic heterocycles. The molecule has 0 saturated carbocycles. The minimum Gasteiger partial charge on any atom is -0.454 e. The Morgan fingerprint density at radius 1 is 1.21 bits per heavy atom. The summed E-state index contributed by atoms with van der Waals surface area (Å²) in [7, 11) is 0. The van der Waals surface area contributed by atoms with E-state index in [2.05, 4.69) is 20.8 Å². The molecule has 1 atom stereocenters. The van der Waals surface area contributed by atoms with Crippen LogP contribution in [0.2, 0.25) is 0 Å². The zero-order valence-corrected chi connectivity index (χ0v) is 17.6. The SMILES string of the molecule is Cc1cccc(Nc2nnc(S[C@H](C)C(=O)NCc3ccc4c(c3)OCO4)s2)c1. The summed E-state index contributed by atoms with van der Waals surface area (Å²) in [5.74, 6) is 1.38. The van der Waals surface area contributed by atoms with Gasteiger partial charge in [-0.25, -0.2) is 0 Å². The Kier molecular flexibility index (Phi) is 5.86. The molecule has 2 heterocycles. The molecule has 1 aliphatic rings. The first-order chi connectivity index (χ1) is 14.1. The highest BCUT2D eigenvalue weighted by Gasteiger charge is 2.18. The third-order valence-electron chi connectivity index (χ3n) is 4.23. The van der Waals surface area contributed by atoms with Gasteiger partial charge in [-0.05, 0) is 49.2 Å². The smallest absolute Gasteiger partial charge is 0.233 e. The highest BCUT2D eigenvalue weighted by molar-refractivity contribution is 8.02. The highest BCUT2D eigenvalue weighted by Crippen LogP contribution is 2.33. The standard InChI is InChI=1S/C20H20N4O3S2/c1-12-4-3-5-15(8-12)22-19-23-24-20(29-19)28-13(2)18(25)21-10-14-6-7-16-17(9-14)27-11-26-16/h3-9,13H,10-11H2,1-2H3,(H,21,25)(H,22,23)/t13-/m1/s1. The Bertz CT molecular complexity index is 1020. The van der Waals surface area contributed by atoms with Gasteiger partial charge >= 0.3 is 0 Å². The molecule has 1 amide bonds. The molecule has 2 aromatic carbocycles. The first-order valence-electron chi connectivity index (χ1n) is 9.07. The number of aryl methyl sites for hydroxylation is 1. The Labute approximate surface area is 176 Å². The van der Waals surface area contributed by atoms with E-state index < -0.39 is 0 Å². The predicted molar refractivity (Wildman–Crippen MR) is 114 cm³/mol. The zero-order chi connectivity index (χ0) is 20.2. The van der Waals surface area contributed by atoms with Crippen LogP contribution >= 0.6 is 23.1 Å². The molecule has 1 aliphatic heterocycles. The number of carbonyl (C=O) groups is 1. The van der Waals surface area contributed by atoms with E-state index in [1.807, 2.05) is 56.3 Å². The Morgan fingerprint density at radius 2 is 2.07 bits per heavy atom. The molecule has 3 aromatic rings. The largest absolute Gasteiger partial charge is 0.454 e. The van der Waals surface area contributed by atoms with Gasteiger partial charge < -0.3 is 20.1 Å². The lowest BCUT2D eigenvalue weighted by Gasteiger charge is -2.10. The van der Waals surface area contributed by atoms with Crippen LogP contribution in [0.4, 0.5) is 10.8 Å². The van der Waals surface area contributed by atoms with Crippen molar-refractivity contribution in [3.8, 4) is 11.5 Å². The summed E-state index contributed by atoms with van der Waals surface area (Å²) < 4.78 is 11.4. The monoisotopic (exact) mass is 428 g/mol. The van der Waals surface area contributed by atoms with Crippen molar-refractivity contribution >= 4 is 39.8 Å². The number of amides is 1. The number of carbonyl (C=O) groups excluding carboxylic acids is 1. The lowest BCUT2D eigenvalue weighted by atomic mass is 10.2. The summed E-state index contributed by atoms with van der Waals surface area (Å²) in [6.45, 7) is 4.56. The molecular weight excluding hydrogens is 408 g/mol. The number of nitrogens with zero attached hydrogens (tertiary/aromatic N) is 2. The van der Waals surface area contributed by atoms with Crippen molar-refractivity contribution in [2.75, 3.05) is 12.1 Å². The van der Waals surface area contributed by atoms with Gasteiger partial charge in [0.05, 0.1) is 5.25 Å². The van der Waals surface area contributed by atoms with E-state index in [9.17, 15) is 4.79 Å². The van der Waals surface area contributed by atoms with Crippen molar-refractivity contribution in [1.29, 1.82) is 0 Å². The molecule has 0 bridgehead atoms. The van der Waals surface area contributed by atoms with Gasteiger partial charge in [-0.15, -0.1) is 10.2 Å². The number of ether oxygens (including phenoxy) is 2. The average Bonchev–Trinajstić information content (AvgIpc) is 3.34. The molecule has 7 nitrogen and oxygen atoms in total.